The minimum absolute atomic E-state index is 0.0483. The molecule has 0 unspecified atom stereocenters. The molecule has 0 spiro atoms. The van der Waals surface area contributed by atoms with Gasteiger partial charge < -0.3 is 0 Å². The smallest absolute Gasteiger partial charge is 0.0685 e. The first-order valence-electron chi connectivity index (χ1n) is 4.76. The molecule has 2 heteroatoms. The van der Waals surface area contributed by atoms with Crippen LogP contribution in [0.5, 0.6) is 0 Å². The topological polar surface area (TPSA) is 0 Å². The van der Waals surface area contributed by atoms with Crippen molar-refractivity contribution < 1.29 is 8.22 Å². The first-order valence-corrected chi connectivity index (χ1v) is 3.28. The summed E-state index contributed by atoms with van der Waals surface area (Å²) < 4.78 is 41.0. The van der Waals surface area contributed by atoms with Crippen LogP contribution in [0.25, 0.3) is 0 Å². The van der Waals surface area contributed by atoms with Crippen molar-refractivity contribution in [3.8, 4) is 0 Å². The van der Waals surface area contributed by atoms with Gasteiger partial charge in [0.25, 0.3) is 0 Å². The SMILES string of the molecule is [2H]C([2H])([2H])C(C)(SCCl)C([2H])([2H])[2H]. The summed E-state index contributed by atoms with van der Waals surface area (Å²) in [6, 6.07) is 0. The number of hydrogen-bond donors (Lipinski definition) is 0. The zero-order valence-corrected chi connectivity index (χ0v) is 5.57. The summed E-state index contributed by atoms with van der Waals surface area (Å²) in [6.45, 7) is -3.89. The Labute approximate surface area is 63.1 Å². The molecule has 0 rings (SSSR count). The molecule has 0 saturated carbocycles. The van der Waals surface area contributed by atoms with Gasteiger partial charge >= 0.3 is 0 Å². The van der Waals surface area contributed by atoms with Crippen molar-refractivity contribution in [1.82, 2.24) is 0 Å². The highest BCUT2D eigenvalue weighted by Gasteiger charge is 2.07. The third-order valence-electron chi connectivity index (χ3n) is 0.343. The van der Waals surface area contributed by atoms with E-state index >= 15 is 0 Å². The van der Waals surface area contributed by atoms with E-state index in [1.54, 1.807) is 0 Å². The van der Waals surface area contributed by atoms with Gasteiger partial charge in [-0.15, -0.1) is 23.4 Å². The summed E-state index contributed by atoms with van der Waals surface area (Å²) >= 11 is 6.09. The highest BCUT2D eigenvalue weighted by atomic mass is 35.5. The Kier molecular flexibility index (Phi) is 0.852. The van der Waals surface area contributed by atoms with E-state index in [4.69, 9.17) is 19.8 Å². The number of rotatable bonds is 1. The average molecular weight is 145 g/mol. The quantitative estimate of drug-likeness (QED) is 0.510. The summed E-state index contributed by atoms with van der Waals surface area (Å²) in [5.41, 5.74) is 0. The highest BCUT2D eigenvalue weighted by Crippen LogP contribution is 2.23. The van der Waals surface area contributed by atoms with E-state index in [0.29, 0.717) is 0 Å². The van der Waals surface area contributed by atoms with Crippen LogP contribution in [0, 0.1) is 0 Å². The fraction of sp³-hybridized carbons (Fsp3) is 1.00. The summed E-state index contributed by atoms with van der Waals surface area (Å²) in [6.07, 6.45) is 0. The van der Waals surface area contributed by atoms with Gasteiger partial charge in [-0.1, -0.05) is 20.6 Å². The van der Waals surface area contributed by atoms with Gasteiger partial charge in [0.05, 0.1) is 5.21 Å². The summed E-state index contributed by atoms with van der Waals surface area (Å²) in [4.78, 5) is 0. The number of halogens is 1. The predicted molar refractivity (Wildman–Crippen MR) is 38.1 cm³/mol. The zero-order valence-electron chi connectivity index (χ0n) is 9.99. The molecule has 0 amide bonds. The lowest BCUT2D eigenvalue weighted by molar-refractivity contribution is 0.805. The van der Waals surface area contributed by atoms with Gasteiger partial charge in [-0.25, -0.2) is 0 Å². The molecule has 0 aliphatic rings. The van der Waals surface area contributed by atoms with Gasteiger partial charge in [-0.2, -0.15) is 0 Å². The second-order valence-corrected chi connectivity index (χ2v) is 3.26. The highest BCUT2D eigenvalue weighted by molar-refractivity contribution is 8.01. The third kappa shape index (κ3) is 6.64. The predicted octanol–water partition coefficient (Wildman–Crippen LogP) is 2.71. The van der Waals surface area contributed by atoms with Gasteiger partial charge in [0, 0.05) is 13.0 Å². The first-order chi connectivity index (χ1) is 5.56. The normalized spacial score (nSPS) is 28.3. The van der Waals surface area contributed by atoms with Gasteiger partial charge in [0.15, 0.2) is 0 Å². The molecule has 0 radical (unpaired) electrons. The van der Waals surface area contributed by atoms with Crippen molar-refractivity contribution in [2.45, 2.75) is 25.4 Å². The Balaban J connectivity index is 4.96. The molecular weight excluding hydrogens is 128 g/mol. The molecular formula is C5H11ClS. The molecule has 0 saturated heterocycles. The fourth-order valence-corrected chi connectivity index (χ4v) is 0.982. The maximum absolute atomic E-state index is 7.14. The minimum atomic E-state index is -2.54. The van der Waals surface area contributed by atoms with E-state index in [1.165, 1.54) is 6.92 Å². The summed E-state index contributed by atoms with van der Waals surface area (Å²) in [7, 11) is 0. The van der Waals surface area contributed by atoms with E-state index in [9.17, 15) is 0 Å². The molecule has 0 N–H and O–H groups in total. The van der Waals surface area contributed by atoms with Crippen molar-refractivity contribution in [1.29, 1.82) is 0 Å². The fourth-order valence-electron chi connectivity index (χ4n) is 0.109. The zero-order chi connectivity index (χ0) is 10.9. The number of hydrogen-bond acceptors (Lipinski definition) is 1. The van der Waals surface area contributed by atoms with Crippen molar-refractivity contribution in [2.24, 2.45) is 0 Å². The second-order valence-electron chi connectivity index (χ2n) is 1.29. The van der Waals surface area contributed by atoms with Crippen LogP contribution in [0.2, 0.25) is 0 Å². The second kappa shape index (κ2) is 2.83. The molecule has 0 heterocycles. The van der Waals surface area contributed by atoms with Crippen LogP contribution in [0.15, 0.2) is 0 Å². The van der Waals surface area contributed by atoms with Gasteiger partial charge in [0.2, 0.25) is 0 Å². The lowest BCUT2D eigenvalue weighted by atomic mass is 10.3. The molecule has 0 atom stereocenters. The summed E-state index contributed by atoms with van der Waals surface area (Å²) in [5, 5.41) is -0.0483. The van der Waals surface area contributed by atoms with Crippen LogP contribution in [-0.2, 0) is 0 Å². The molecule has 0 nitrogen and oxygen atoms in total. The van der Waals surface area contributed by atoms with Crippen LogP contribution in [0.4, 0.5) is 0 Å². The molecule has 0 aliphatic carbocycles. The Morgan fingerprint density at radius 3 is 2.57 bits per heavy atom. The maximum atomic E-state index is 7.14. The summed E-state index contributed by atoms with van der Waals surface area (Å²) in [5.74, 6) is 0. The van der Waals surface area contributed by atoms with E-state index < -0.39 is 18.5 Å². The molecule has 0 aliphatic heterocycles. The molecule has 44 valence electrons. The van der Waals surface area contributed by atoms with Crippen LogP contribution in [-0.4, -0.2) is 9.96 Å². The van der Waals surface area contributed by atoms with Crippen LogP contribution >= 0.6 is 23.4 Å². The molecule has 0 aromatic heterocycles. The molecule has 0 aromatic rings. The Morgan fingerprint density at radius 1 is 1.86 bits per heavy atom. The average Bonchev–Trinajstić information content (AvgIpc) is 1.82. The van der Waals surface area contributed by atoms with Gasteiger partial charge in [0.1, 0.15) is 0 Å². The number of alkyl halides is 1. The van der Waals surface area contributed by atoms with Crippen molar-refractivity contribution >= 4 is 23.4 Å². The lowest BCUT2D eigenvalue weighted by Gasteiger charge is -2.14. The Bertz CT molecular complexity index is 159. The largest absolute Gasteiger partial charge is 0.140 e. The van der Waals surface area contributed by atoms with Crippen molar-refractivity contribution in [2.75, 3.05) is 5.21 Å². The van der Waals surface area contributed by atoms with E-state index in [-0.39, 0.29) is 5.21 Å². The van der Waals surface area contributed by atoms with Crippen LogP contribution < -0.4 is 0 Å². The van der Waals surface area contributed by atoms with Crippen LogP contribution in [0.1, 0.15) is 28.9 Å². The van der Waals surface area contributed by atoms with Crippen LogP contribution in [0.3, 0.4) is 0 Å². The monoisotopic (exact) mass is 144 g/mol. The molecule has 0 fully saturated rings. The van der Waals surface area contributed by atoms with Crippen molar-refractivity contribution in [3.63, 3.8) is 0 Å². The Morgan fingerprint density at radius 2 is 2.43 bits per heavy atom. The Hall–Kier alpha value is 0.640. The molecule has 0 aromatic carbocycles. The number of thioether (sulfide) groups is 1. The van der Waals surface area contributed by atoms with E-state index in [2.05, 4.69) is 0 Å². The van der Waals surface area contributed by atoms with E-state index in [0.717, 1.165) is 11.8 Å². The standard InChI is InChI=1S/C5H11ClS/c1-5(2,3)7-4-6/h4H2,1-3H3/i1D3,2D3. The molecule has 0 bridgehead atoms. The maximum Gasteiger partial charge on any atom is 0.0685 e. The van der Waals surface area contributed by atoms with Gasteiger partial charge in [-0.3, -0.25) is 0 Å². The molecule has 7 heavy (non-hydrogen) atoms. The third-order valence-corrected chi connectivity index (χ3v) is 1.36. The lowest BCUT2D eigenvalue weighted by Crippen LogP contribution is -2.06. The first kappa shape index (κ1) is 2.11. The van der Waals surface area contributed by atoms with Crippen molar-refractivity contribution in [3.05, 3.63) is 0 Å². The van der Waals surface area contributed by atoms with Gasteiger partial charge in [-0.05, 0) is 0 Å². The van der Waals surface area contributed by atoms with E-state index in [1.807, 2.05) is 0 Å². The minimum Gasteiger partial charge on any atom is -0.140 e.